The van der Waals surface area contributed by atoms with Crippen LogP contribution in [0.25, 0.3) is 32.7 Å². The molecule has 0 aliphatic rings. The Hall–Kier alpha value is -4.96. The average Bonchev–Trinajstić information content (AvgIpc) is 3.52. The average molecular weight is 1230 g/mol. The summed E-state index contributed by atoms with van der Waals surface area (Å²) in [5, 5.41) is 7.71. The first-order chi connectivity index (χ1) is 37.6. The van der Waals surface area contributed by atoms with Crippen molar-refractivity contribution >= 4 is 69.5 Å². The van der Waals surface area contributed by atoms with Crippen LogP contribution < -0.4 is 27.3 Å². The number of thiol groups is 2. The van der Waals surface area contributed by atoms with Crippen molar-refractivity contribution in [3.8, 4) is 0 Å². The monoisotopic (exact) mass is 1230 g/mol. The van der Waals surface area contributed by atoms with Crippen molar-refractivity contribution in [2.24, 2.45) is 21.1 Å². The number of hydrogen-bond donors (Lipinski definition) is 4. The van der Waals surface area contributed by atoms with Gasteiger partial charge in [-0.2, -0.15) is 25.3 Å². The van der Waals surface area contributed by atoms with Crippen LogP contribution in [0.15, 0.2) is 87.2 Å². The third kappa shape index (κ3) is 46.3. The molecule has 0 radical (unpaired) electrons. The van der Waals surface area contributed by atoms with Crippen molar-refractivity contribution in [2.75, 3.05) is 25.6 Å². The SMILES string of the molecule is C.C.C.C.C.C.CC.CC.CC.CC.CC.CC.CC.CC.CC.CC.CCc1nc2ccccc2c(=O)n1C.CCc1nc2ccccc2c(=O)n1C.CCc1nc2ccccc2c(=O)n1C.CN[C@@H](CS)C(C)=O.CN[C@@H](CS)C(C)=O. The lowest BCUT2D eigenvalue weighted by Crippen LogP contribution is -2.33. The highest BCUT2D eigenvalue weighted by atomic mass is 32.1. The molecule has 3 aromatic heterocycles. The number of likely N-dealkylation sites (N-methyl/N-ethyl adjacent to an activating group) is 2. The molecule has 0 saturated heterocycles. The van der Waals surface area contributed by atoms with Crippen LogP contribution >= 0.6 is 25.3 Å². The van der Waals surface area contributed by atoms with Crippen LogP contribution in [0.3, 0.4) is 0 Å². The minimum absolute atomic E-state index is 0. The highest BCUT2D eigenvalue weighted by molar-refractivity contribution is 7.80. The zero-order chi connectivity index (χ0) is 63.5. The quantitative estimate of drug-likeness (QED) is 0.103. The van der Waals surface area contributed by atoms with Gasteiger partial charge in [0.25, 0.3) is 16.7 Å². The molecular weight excluding hydrogens is 1080 g/mol. The highest BCUT2D eigenvalue weighted by Gasteiger charge is 2.09. The molecule has 0 spiro atoms. The Balaban J connectivity index is -0.0000000504. The van der Waals surface area contributed by atoms with Gasteiger partial charge in [0.2, 0.25) is 0 Å². The topological polar surface area (TPSA) is 163 Å². The Morgan fingerprint density at radius 3 is 0.679 bits per heavy atom. The summed E-state index contributed by atoms with van der Waals surface area (Å²) in [5.74, 6) is 3.92. The molecule has 3 aromatic carbocycles. The fourth-order valence-corrected chi connectivity index (χ4v) is 6.47. The summed E-state index contributed by atoms with van der Waals surface area (Å²) < 4.78 is 4.84. The molecule has 2 N–H and O–H groups in total. The highest BCUT2D eigenvalue weighted by Crippen LogP contribution is 2.09. The normalized spacial score (nSPS) is 8.62. The minimum Gasteiger partial charge on any atom is -0.310 e. The molecule has 84 heavy (non-hydrogen) atoms. The van der Waals surface area contributed by atoms with E-state index >= 15 is 0 Å². The summed E-state index contributed by atoms with van der Waals surface area (Å²) in [6.07, 6.45) is 2.32. The number of carbonyl (C=O) groups excluding carboxylic acids is 2. The van der Waals surface area contributed by atoms with E-state index < -0.39 is 0 Å². The zero-order valence-corrected chi connectivity index (χ0v) is 57.0. The number of benzene rings is 3. The molecule has 13 nitrogen and oxygen atoms in total. The van der Waals surface area contributed by atoms with E-state index in [1.165, 1.54) is 0 Å². The largest absolute Gasteiger partial charge is 0.310 e. The second kappa shape index (κ2) is 84.5. The summed E-state index contributed by atoms with van der Waals surface area (Å²) in [6.45, 7) is 49.1. The van der Waals surface area contributed by atoms with Crippen LogP contribution in [0.1, 0.15) is 235 Å². The second-order valence-corrected chi connectivity index (χ2v) is 13.8. The smallest absolute Gasteiger partial charge is 0.261 e. The van der Waals surface area contributed by atoms with Gasteiger partial charge in [-0.05, 0) is 64.3 Å². The van der Waals surface area contributed by atoms with Crippen LogP contribution in [0.2, 0.25) is 0 Å². The zero-order valence-electron chi connectivity index (χ0n) is 55.2. The van der Waals surface area contributed by atoms with E-state index in [1.807, 2.05) is 232 Å². The standard InChI is InChI=1S/3C11H12N2O.2C5H11NOS.10C2H6.6CH4/c3*1-3-10-12-9-7-5-4-6-8(9)11(14)13(10)2;2*1-4(7)5(3-8)6-2;10*1-2;;;;;;/h3*4-7H,3H2,1-2H3;2*5-6,8H,3H2,1-2H3;10*1-2H3;6*1H4/t;;;2*5-;;;;;;;;;;;;;;;;/m...00................/s1. The molecule has 0 bridgehead atoms. The summed E-state index contributed by atoms with van der Waals surface area (Å²) in [4.78, 5) is 69.7. The van der Waals surface area contributed by atoms with E-state index in [-0.39, 0.29) is 84.9 Å². The van der Waals surface area contributed by atoms with E-state index in [0.717, 1.165) is 53.3 Å². The van der Waals surface area contributed by atoms with Crippen molar-refractivity contribution in [3.63, 3.8) is 0 Å². The fourth-order valence-electron chi connectivity index (χ4n) is 5.59. The Kier molecular flexibility index (Phi) is 118. The summed E-state index contributed by atoms with van der Waals surface area (Å²) in [7, 11) is 8.80. The summed E-state index contributed by atoms with van der Waals surface area (Å²) >= 11 is 7.90. The number of fused-ring (bicyclic) bond motifs is 3. The van der Waals surface area contributed by atoms with E-state index in [0.29, 0.717) is 27.7 Å². The van der Waals surface area contributed by atoms with Gasteiger partial charge in [-0.25, -0.2) is 15.0 Å². The lowest BCUT2D eigenvalue weighted by Gasteiger charge is -2.06. The molecule has 3 heterocycles. The molecule has 0 fully saturated rings. The molecule has 6 aromatic rings. The predicted molar refractivity (Wildman–Crippen MR) is 398 cm³/mol. The van der Waals surface area contributed by atoms with E-state index in [9.17, 15) is 24.0 Å². The first-order valence-electron chi connectivity index (χ1n) is 29.1. The van der Waals surface area contributed by atoms with Crippen molar-refractivity contribution in [1.82, 2.24) is 39.3 Å². The molecule has 6 rings (SSSR count). The Morgan fingerprint density at radius 1 is 0.393 bits per heavy atom. The Morgan fingerprint density at radius 2 is 0.560 bits per heavy atom. The number of nitrogens with one attached hydrogen (secondary N) is 2. The van der Waals surface area contributed by atoms with E-state index in [1.54, 1.807) is 62.8 Å². The predicted octanol–water partition coefficient (Wildman–Crippen LogP) is 18.8. The fraction of sp³-hybridized carbons (Fsp3) is 0.623. The molecule has 15 heteroatoms. The van der Waals surface area contributed by atoms with Crippen molar-refractivity contribution in [3.05, 3.63) is 121 Å². The van der Waals surface area contributed by atoms with Crippen LogP contribution in [0.4, 0.5) is 0 Å². The number of nitrogens with zero attached hydrogens (tertiary/aromatic N) is 6. The maximum atomic E-state index is 11.8. The number of rotatable bonds is 9. The Bertz CT molecular complexity index is 2210. The van der Waals surface area contributed by atoms with Gasteiger partial charge in [0.15, 0.2) is 0 Å². The molecule has 0 saturated carbocycles. The van der Waals surface area contributed by atoms with Gasteiger partial charge in [-0.15, -0.1) is 0 Å². The van der Waals surface area contributed by atoms with Gasteiger partial charge in [0.05, 0.1) is 44.8 Å². The molecule has 0 aliphatic carbocycles. The number of hydrogen-bond acceptors (Lipinski definition) is 12. The number of para-hydroxylation sites is 3. The number of ketones is 2. The van der Waals surface area contributed by atoms with Crippen molar-refractivity contribution in [1.29, 1.82) is 0 Å². The van der Waals surface area contributed by atoms with Crippen molar-refractivity contribution in [2.45, 2.75) is 249 Å². The summed E-state index contributed by atoms with van der Waals surface area (Å²) in [6, 6.07) is 22.2. The van der Waals surface area contributed by atoms with E-state index in [2.05, 4.69) is 50.8 Å². The Labute approximate surface area is 532 Å². The van der Waals surface area contributed by atoms with Crippen LogP contribution in [0.5, 0.6) is 0 Å². The molecule has 500 valence electrons. The summed E-state index contributed by atoms with van der Waals surface area (Å²) in [5.41, 5.74) is 2.46. The number of aryl methyl sites for hydroxylation is 3. The maximum absolute atomic E-state index is 11.8. The van der Waals surface area contributed by atoms with Gasteiger partial charge >= 0.3 is 0 Å². The van der Waals surface area contributed by atoms with Crippen LogP contribution in [-0.4, -0.2) is 77.9 Å². The first-order valence-corrected chi connectivity index (χ1v) is 30.3. The lowest BCUT2D eigenvalue weighted by molar-refractivity contribution is -0.119. The first kappa shape index (κ1) is 117. The molecule has 0 aliphatic heterocycles. The minimum atomic E-state index is -0.0710. The van der Waals surface area contributed by atoms with Gasteiger partial charge in [-0.1, -0.05) is 240 Å². The van der Waals surface area contributed by atoms with Crippen molar-refractivity contribution < 1.29 is 9.59 Å². The molecule has 0 unspecified atom stereocenters. The van der Waals surface area contributed by atoms with Crippen LogP contribution in [0, 0.1) is 0 Å². The number of Topliss-reactive ketones (excluding diaryl/α,β-unsaturated/α-hetero) is 2. The maximum Gasteiger partial charge on any atom is 0.261 e. The van der Waals surface area contributed by atoms with Gasteiger partial charge in [0, 0.05) is 51.9 Å². The number of aromatic nitrogens is 6. The van der Waals surface area contributed by atoms with E-state index in [4.69, 9.17) is 0 Å². The third-order valence-corrected chi connectivity index (χ3v) is 9.95. The molecule has 0 amide bonds. The number of carbonyl (C=O) groups is 2. The van der Waals surface area contributed by atoms with Crippen LogP contribution in [-0.2, 0) is 50.0 Å². The molecular formula is C69H142N8O5S2. The van der Waals surface area contributed by atoms with Gasteiger partial charge in [0.1, 0.15) is 29.0 Å². The third-order valence-electron chi connectivity index (χ3n) is 9.22. The second-order valence-electron chi connectivity index (χ2n) is 13.1. The van der Waals surface area contributed by atoms with Gasteiger partial charge < -0.3 is 10.6 Å². The molecule has 2 atom stereocenters. The lowest BCUT2D eigenvalue weighted by atomic mass is 10.2. The van der Waals surface area contributed by atoms with Gasteiger partial charge in [-0.3, -0.25) is 37.7 Å².